The molecule has 0 saturated carbocycles. The first-order chi connectivity index (χ1) is 15.9. The number of carbonyl (C=O) groups is 3. The van der Waals surface area contributed by atoms with Gasteiger partial charge in [0.15, 0.2) is 0 Å². The molecule has 0 aliphatic carbocycles. The number of anilines is 1. The number of carbonyl (C=O) groups excluding carboxylic acids is 3. The molecule has 33 heavy (non-hydrogen) atoms. The van der Waals surface area contributed by atoms with Gasteiger partial charge in [0, 0.05) is 44.7 Å². The number of ether oxygens (including phenoxy) is 1. The second-order valence-corrected chi connectivity index (χ2v) is 8.05. The summed E-state index contributed by atoms with van der Waals surface area (Å²) in [7, 11) is 1.54. The van der Waals surface area contributed by atoms with Gasteiger partial charge in [0.25, 0.3) is 5.91 Å². The Hall–Kier alpha value is -3.39. The van der Waals surface area contributed by atoms with E-state index in [1.165, 1.54) is 5.56 Å². The van der Waals surface area contributed by atoms with Crippen LogP contribution in [0.1, 0.15) is 29.3 Å². The largest absolute Gasteiger partial charge is 0.495 e. The van der Waals surface area contributed by atoms with Crippen molar-refractivity contribution in [1.82, 2.24) is 9.80 Å². The molecule has 2 aromatic rings. The maximum absolute atomic E-state index is 13.2. The number of nitrogens with zero attached hydrogens (tertiary/aromatic N) is 3. The summed E-state index contributed by atoms with van der Waals surface area (Å²) < 4.78 is 5.40. The molecule has 0 aromatic heterocycles. The number of nitrogens with two attached hydrogens (primary N) is 1. The molecule has 1 heterocycles. The fourth-order valence-corrected chi connectivity index (χ4v) is 3.91. The maximum Gasteiger partial charge on any atom is 0.253 e. The van der Waals surface area contributed by atoms with Gasteiger partial charge in [-0.2, -0.15) is 0 Å². The van der Waals surface area contributed by atoms with Crippen LogP contribution in [0, 0.1) is 0 Å². The van der Waals surface area contributed by atoms with E-state index in [9.17, 15) is 14.4 Å². The number of rotatable bonds is 9. The molecule has 0 spiro atoms. The summed E-state index contributed by atoms with van der Waals surface area (Å²) in [6.07, 6.45) is 0.995. The zero-order chi connectivity index (χ0) is 23.8. The molecule has 1 aliphatic heterocycles. The van der Waals surface area contributed by atoms with Crippen molar-refractivity contribution < 1.29 is 19.1 Å². The van der Waals surface area contributed by atoms with E-state index in [0.29, 0.717) is 43.2 Å². The molecule has 2 N–H and O–H groups in total. The normalized spacial score (nSPS) is 14.1. The molecule has 8 nitrogen and oxygen atoms in total. The molecule has 3 amide bonds. The highest BCUT2D eigenvalue weighted by Crippen LogP contribution is 2.28. The first-order valence-corrected chi connectivity index (χ1v) is 11.2. The highest BCUT2D eigenvalue weighted by atomic mass is 16.5. The van der Waals surface area contributed by atoms with Crippen LogP contribution >= 0.6 is 0 Å². The first-order valence-electron chi connectivity index (χ1n) is 11.2. The molecule has 0 atom stereocenters. The lowest BCUT2D eigenvalue weighted by atomic mass is 10.1. The SMILES string of the molecule is CCc1ccc(C(=O)N2CCN(CC(=O)N(CCC(N)=O)c3ccccc3OC)CC2)cc1. The van der Waals surface area contributed by atoms with Crippen LogP contribution in [0.3, 0.4) is 0 Å². The van der Waals surface area contributed by atoms with E-state index < -0.39 is 5.91 Å². The lowest BCUT2D eigenvalue weighted by Crippen LogP contribution is -2.51. The van der Waals surface area contributed by atoms with Gasteiger partial charge >= 0.3 is 0 Å². The Bertz CT molecular complexity index is 969. The lowest BCUT2D eigenvalue weighted by molar-refractivity contribution is -0.120. The van der Waals surface area contributed by atoms with Gasteiger partial charge in [0.05, 0.1) is 19.3 Å². The molecule has 0 unspecified atom stereocenters. The number of hydrogen-bond acceptors (Lipinski definition) is 5. The summed E-state index contributed by atoms with van der Waals surface area (Å²) in [6, 6.07) is 14.9. The van der Waals surface area contributed by atoms with Gasteiger partial charge in [-0.15, -0.1) is 0 Å². The standard InChI is InChI=1S/C25H32N4O4/c1-3-19-8-10-20(11-9-19)25(32)28-16-14-27(15-17-28)18-24(31)29(13-12-23(26)30)21-6-4-5-7-22(21)33-2/h4-11H,3,12-18H2,1-2H3,(H2,26,30). The van der Waals surface area contributed by atoms with Crippen molar-refractivity contribution in [3.8, 4) is 5.75 Å². The van der Waals surface area contributed by atoms with Crippen LogP contribution in [0.4, 0.5) is 5.69 Å². The Balaban J connectivity index is 1.61. The van der Waals surface area contributed by atoms with Gasteiger partial charge < -0.3 is 20.3 Å². The van der Waals surface area contributed by atoms with Crippen LogP contribution in [-0.2, 0) is 16.0 Å². The molecule has 0 bridgehead atoms. The van der Waals surface area contributed by atoms with E-state index in [-0.39, 0.29) is 31.3 Å². The lowest BCUT2D eigenvalue weighted by Gasteiger charge is -2.35. The van der Waals surface area contributed by atoms with Crippen LogP contribution in [-0.4, -0.2) is 73.9 Å². The molecule has 1 aliphatic rings. The maximum atomic E-state index is 13.2. The monoisotopic (exact) mass is 452 g/mol. The smallest absolute Gasteiger partial charge is 0.253 e. The van der Waals surface area contributed by atoms with Gasteiger partial charge in [-0.3, -0.25) is 19.3 Å². The van der Waals surface area contributed by atoms with Gasteiger partial charge in [0.2, 0.25) is 11.8 Å². The summed E-state index contributed by atoms with van der Waals surface area (Å²) in [5.74, 6) is -0.0435. The van der Waals surface area contributed by atoms with Gasteiger partial charge in [-0.05, 0) is 36.2 Å². The van der Waals surface area contributed by atoms with Crippen molar-refractivity contribution in [2.75, 3.05) is 51.3 Å². The molecular formula is C25H32N4O4. The van der Waals surface area contributed by atoms with E-state index in [1.54, 1.807) is 24.1 Å². The van der Waals surface area contributed by atoms with Crippen molar-refractivity contribution >= 4 is 23.4 Å². The van der Waals surface area contributed by atoms with Crippen LogP contribution in [0.2, 0.25) is 0 Å². The van der Waals surface area contributed by atoms with Crippen LogP contribution in [0.5, 0.6) is 5.75 Å². The number of primary amides is 1. The van der Waals surface area contributed by atoms with Gasteiger partial charge in [0.1, 0.15) is 5.75 Å². The number of hydrogen-bond donors (Lipinski definition) is 1. The summed E-state index contributed by atoms with van der Waals surface area (Å²) in [4.78, 5) is 42.8. The highest BCUT2D eigenvalue weighted by Gasteiger charge is 2.26. The Labute approximate surface area is 194 Å². The summed E-state index contributed by atoms with van der Waals surface area (Å²) in [5, 5.41) is 0. The van der Waals surface area contributed by atoms with Crippen molar-refractivity contribution in [3.05, 3.63) is 59.7 Å². The molecule has 8 heteroatoms. The fraction of sp³-hybridized carbons (Fsp3) is 0.400. The predicted octanol–water partition coefficient (Wildman–Crippen LogP) is 1.92. The number of benzene rings is 2. The van der Waals surface area contributed by atoms with Crippen molar-refractivity contribution in [2.24, 2.45) is 5.73 Å². The molecule has 3 rings (SSSR count). The van der Waals surface area contributed by atoms with E-state index in [2.05, 4.69) is 6.92 Å². The molecule has 1 saturated heterocycles. The number of para-hydroxylation sites is 2. The molecule has 176 valence electrons. The quantitative estimate of drug-likeness (QED) is 0.627. The Morgan fingerprint density at radius 1 is 1.00 bits per heavy atom. The minimum atomic E-state index is -0.471. The zero-order valence-corrected chi connectivity index (χ0v) is 19.3. The van der Waals surface area contributed by atoms with Crippen molar-refractivity contribution in [3.63, 3.8) is 0 Å². The van der Waals surface area contributed by atoms with E-state index >= 15 is 0 Å². The van der Waals surface area contributed by atoms with Crippen molar-refractivity contribution in [2.45, 2.75) is 19.8 Å². The summed E-state index contributed by atoms with van der Waals surface area (Å²) in [5.41, 5.74) is 7.82. The second kappa shape index (κ2) is 11.5. The molecular weight excluding hydrogens is 420 g/mol. The van der Waals surface area contributed by atoms with Crippen LogP contribution in [0.25, 0.3) is 0 Å². The van der Waals surface area contributed by atoms with Gasteiger partial charge in [-0.1, -0.05) is 31.2 Å². The third-order valence-corrected chi connectivity index (χ3v) is 5.89. The van der Waals surface area contributed by atoms with Gasteiger partial charge in [-0.25, -0.2) is 0 Å². The highest BCUT2D eigenvalue weighted by molar-refractivity contribution is 5.97. The minimum absolute atomic E-state index is 0.0146. The van der Waals surface area contributed by atoms with Crippen LogP contribution in [0.15, 0.2) is 48.5 Å². The number of amides is 3. The third-order valence-electron chi connectivity index (χ3n) is 5.89. The molecule has 2 aromatic carbocycles. The van der Waals surface area contributed by atoms with Crippen molar-refractivity contribution in [1.29, 1.82) is 0 Å². The topological polar surface area (TPSA) is 96.2 Å². The summed E-state index contributed by atoms with van der Waals surface area (Å²) >= 11 is 0. The fourth-order valence-electron chi connectivity index (χ4n) is 3.91. The third kappa shape index (κ3) is 6.32. The average Bonchev–Trinajstić information content (AvgIpc) is 2.84. The molecule has 0 radical (unpaired) electrons. The second-order valence-electron chi connectivity index (χ2n) is 8.05. The first kappa shape index (κ1) is 24.3. The van der Waals surface area contributed by atoms with E-state index in [0.717, 1.165) is 6.42 Å². The molecule has 1 fully saturated rings. The van der Waals surface area contributed by atoms with E-state index in [4.69, 9.17) is 10.5 Å². The minimum Gasteiger partial charge on any atom is -0.495 e. The Kier molecular flexibility index (Phi) is 8.43. The number of piperazine rings is 1. The number of methoxy groups -OCH3 is 1. The van der Waals surface area contributed by atoms with Crippen LogP contribution < -0.4 is 15.4 Å². The Morgan fingerprint density at radius 3 is 2.27 bits per heavy atom. The summed E-state index contributed by atoms with van der Waals surface area (Å²) in [6.45, 7) is 4.75. The zero-order valence-electron chi connectivity index (χ0n) is 19.3. The Morgan fingerprint density at radius 2 is 1.67 bits per heavy atom. The van der Waals surface area contributed by atoms with E-state index in [1.807, 2.05) is 46.2 Å². The average molecular weight is 453 g/mol. The predicted molar refractivity (Wildman–Crippen MR) is 127 cm³/mol. The number of aryl methyl sites for hydroxylation is 1.